The lowest BCUT2D eigenvalue weighted by Crippen LogP contribution is -2.45. The van der Waals surface area contributed by atoms with Crippen molar-refractivity contribution in [2.75, 3.05) is 27.3 Å². The maximum atomic E-state index is 5.83. The van der Waals surface area contributed by atoms with Crippen LogP contribution >= 0.6 is 0 Å². The zero-order chi connectivity index (χ0) is 11.0. The first-order valence-corrected chi connectivity index (χ1v) is 5.19. The van der Waals surface area contributed by atoms with Crippen LogP contribution in [0.1, 0.15) is 26.7 Å². The molecule has 0 aromatic rings. The third kappa shape index (κ3) is 3.96. The van der Waals surface area contributed by atoms with E-state index in [0.29, 0.717) is 18.6 Å². The van der Waals surface area contributed by atoms with Crippen LogP contribution in [-0.4, -0.2) is 44.2 Å². The van der Waals surface area contributed by atoms with E-state index in [4.69, 9.17) is 10.5 Å². The summed E-state index contributed by atoms with van der Waals surface area (Å²) in [7, 11) is 3.42. The quantitative estimate of drug-likeness (QED) is 0.516. The van der Waals surface area contributed by atoms with Gasteiger partial charge in [0.05, 0.1) is 6.61 Å². The Hall–Kier alpha value is -0.770. The molecule has 4 nitrogen and oxygen atoms in total. The van der Waals surface area contributed by atoms with Crippen molar-refractivity contribution in [2.24, 2.45) is 10.7 Å². The van der Waals surface area contributed by atoms with Crippen molar-refractivity contribution in [3.63, 3.8) is 0 Å². The second-order valence-corrected chi connectivity index (χ2v) is 3.24. The molecule has 0 rings (SSSR count). The van der Waals surface area contributed by atoms with Crippen LogP contribution < -0.4 is 5.73 Å². The van der Waals surface area contributed by atoms with Crippen LogP contribution in [0.2, 0.25) is 0 Å². The largest absolute Gasteiger partial charge is 0.383 e. The molecule has 0 heterocycles. The van der Waals surface area contributed by atoms with Gasteiger partial charge in [-0.15, -0.1) is 0 Å². The Bertz CT molecular complexity index is 167. The molecule has 0 aliphatic carbocycles. The van der Waals surface area contributed by atoms with Crippen molar-refractivity contribution in [1.29, 1.82) is 0 Å². The average Bonchev–Trinajstić information content (AvgIpc) is 2.23. The van der Waals surface area contributed by atoms with Gasteiger partial charge >= 0.3 is 0 Å². The van der Waals surface area contributed by atoms with Gasteiger partial charge in [0.2, 0.25) is 0 Å². The predicted molar refractivity (Wildman–Crippen MR) is 60.5 cm³/mol. The fourth-order valence-corrected chi connectivity index (χ4v) is 1.53. The normalized spacial score (nSPS) is 12.2. The summed E-state index contributed by atoms with van der Waals surface area (Å²) in [6.07, 6.45) is 2.16. The van der Waals surface area contributed by atoms with Crippen LogP contribution in [-0.2, 0) is 4.74 Å². The van der Waals surface area contributed by atoms with Crippen molar-refractivity contribution in [3.05, 3.63) is 0 Å². The highest BCUT2D eigenvalue weighted by Gasteiger charge is 2.15. The topological polar surface area (TPSA) is 50.9 Å². The molecule has 0 aliphatic rings. The number of rotatable bonds is 6. The highest BCUT2D eigenvalue weighted by molar-refractivity contribution is 5.78. The molecule has 0 saturated heterocycles. The van der Waals surface area contributed by atoms with Gasteiger partial charge in [-0.1, -0.05) is 13.8 Å². The number of nitrogens with zero attached hydrogens (tertiary/aromatic N) is 2. The summed E-state index contributed by atoms with van der Waals surface area (Å²) in [5, 5.41) is 0. The van der Waals surface area contributed by atoms with E-state index < -0.39 is 0 Å². The molecule has 0 aromatic heterocycles. The summed E-state index contributed by atoms with van der Waals surface area (Å²) in [5.74, 6) is 0.607. The molecule has 0 bridgehead atoms. The number of methoxy groups -OCH3 is 1. The summed E-state index contributed by atoms with van der Waals surface area (Å²) >= 11 is 0. The van der Waals surface area contributed by atoms with E-state index >= 15 is 0 Å². The number of hydrogen-bond donors (Lipinski definition) is 1. The molecule has 0 atom stereocenters. The minimum Gasteiger partial charge on any atom is -0.383 e. The van der Waals surface area contributed by atoms with Gasteiger partial charge in [0.15, 0.2) is 5.96 Å². The van der Waals surface area contributed by atoms with E-state index in [0.717, 1.165) is 19.4 Å². The van der Waals surface area contributed by atoms with Crippen molar-refractivity contribution in [1.82, 2.24) is 4.90 Å². The number of hydrogen-bond acceptors (Lipinski definition) is 2. The smallest absolute Gasteiger partial charge is 0.191 e. The van der Waals surface area contributed by atoms with Crippen molar-refractivity contribution >= 4 is 5.96 Å². The molecule has 2 N–H and O–H groups in total. The summed E-state index contributed by atoms with van der Waals surface area (Å²) < 4.78 is 5.05. The highest BCUT2D eigenvalue weighted by Crippen LogP contribution is 2.07. The second-order valence-electron chi connectivity index (χ2n) is 3.24. The third-order valence-electron chi connectivity index (χ3n) is 2.44. The molecule has 4 heteroatoms. The number of nitrogens with two attached hydrogens (primary N) is 1. The molecule has 0 unspecified atom stereocenters. The Morgan fingerprint density at radius 2 is 2.00 bits per heavy atom. The van der Waals surface area contributed by atoms with Gasteiger partial charge in [-0.2, -0.15) is 0 Å². The Labute approximate surface area is 87.1 Å². The minimum absolute atomic E-state index is 0.467. The van der Waals surface area contributed by atoms with Gasteiger partial charge in [0, 0.05) is 26.7 Å². The maximum Gasteiger partial charge on any atom is 0.191 e. The summed E-state index contributed by atoms with van der Waals surface area (Å²) in [6.45, 7) is 5.83. The molecule has 0 amide bonds. The van der Waals surface area contributed by atoms with E-state index in [-0.39, 0.29) is 0 Å². The number of ether oxygens (including phenoxy) is 1. The first-order chi connectivity index (χ1) is 6.71. The van der Waals surface area contributed by atoms with E-state index in [1.165, 1.54) is 0 Å². The fraction of sp³-hybridized carbons (Fsp3) is 0.900. The predicted octanol–water partition coefficient (Wildman–Crippen LogP) is 1.07. The number of guanidine groups is 1. The van der Waals surface area contributed by atoms with Crippen molar-refractivity contribution in [3.8, 4) is 0 Å². The fourth-order valence-electron chi connectivity index (χ4n) is 1.53. The minimum atomic E-state index is 0.467. The monoisotopic (exact) mass is 201 g/mol. The SMILES string of the molecule is CCC(CC)N(CCOC)C(N)=NC. The first kappa shape index (κ1) is 13.2. The Morgan fingerprint density at radius 1 is 1.43 bits per heavy atom. The van der Waals surface area contributed by atoms with Crippen LogP contribution in [0.15, 0.2) is 4.99 Å². The van der Waals surface area contributed by atoms with Gasteiger partial charge < -0.3 is 15.4 Å². The zero-order valence-corrected chi connectivity index (χ0v) is 9.79. The standard InChI is InChI=1S/C10H23N3O/c1-5-9(6-2)13(7-8-14-4)10(11)12-3/h9H,5-8H2,1-4H3,(H2,11,12). The molecular weight excluding hydrogens is 178 g/mol. The molecule has 0 aromatic carbocycles. The van der Waals surface area contributed by atoms with Gasteiger partial charge in [-0.25, -0.2) is 0 Å². The molecule has 0 spiro atoms. The lowest BCUT2D eigenvalue weighted by Gasteiger charge is -2.31. The van der Waals surface area contributed by atoms with E-state index in [9.17, 15) is 0 Å². The summed E-state index contributed by atoms with van der Waals surface area (Å²) in [5.41, 5.74) is 5.83. The van der Waals surface area contributed by atoms with Gasteiger partial charge in [-0.3, -0.25) is 4.99 Å². The van der Waals surface area contributed by atoms with Gasteiger partial charge in [0.25, 0.3) is 0 Å². The van der Waals surface area contributed by atoms with E-state index in [2.05, 4.69) is 23.7 Å². The molecule has 84 valence electrons. The molecular formula is C10H23N3O. The molecule has 0 aliphatic heterocycles. The molecule has 0 radical (unpaired) electrons. The lowest BCUT2D eigenvalue weighted by molar-refractivity contribution is 0.157. The third-order valence-corrected chi connectivity index (χ3v) is 2.44. The number of aliphatic imine (C=N–C) groups is 1. The van der Waals surface area contributed by atoms with E-state index in [1.54, 1.807) is 14.2 Å². The lowest BCUT2D eigenvalue weighted by atomic mass is 10.1. The zero-order valence-electron chi connectivity index (χ0n) is 9.79. The molecule has 0 fully saturated rings. The van der Waals surface area contributed by atoms with Crippen LogP contribution in [0.4, 0.5) is 0 Å². The van der Waals surface area contributed by atoms with Gasteiger partial charge in [-0.05, 0) is 12.8 Å². The van der Waals surface area contributed by atoms with Crippen molar-refractivity contribution in [2.45, 2.75) is 32.7 Å². The van der Waals surface area contributed by atoms with Crippen LogP contribution in [0.25, 0.3) is 0 Å². The Kier molecular flexibility index (Phi) is 7.20. The van der Waals surface area contributed by atoms with Crippen LogP contribution in [0, 0.1) is 0 Å². The Balaban J connectivity index is 4.36. The second kappa shape index (κ2) is 7.62. The Morgan fingerprint density at radius 3 is 2.36 bits per heavy atom. The van der Waals surface area contributed by atoms with Crippen LogP contribution in [0.5, 0.6) is 0 Å². The van der Waals surface area contributed by atoms with Gasteiger partial charge in [0.1, 0.15) is 0 Å². The highest BCUT2D eigenvalue weighted by atomic mass is 16.5. The van der Waals surface area contributed by atoms with Crippen LogP contribution in [0.3, 0.4) is 0 Å². The summed E-state index contributed by atoms with van der Waals surface area (Å²) in [6, 6.07) is 0.467. The molecule has 0 saturated carbocycles. The summed E-state index contributed by atoms with van der Waals surface area (Å²) in [4.78, 5) is 6.14. The van der Waals surface area contributed by atoms with Crippen molar-refractivity contribution < 1.29 is 4.74 Å². The average molecular weight is 201 g/mol. The van der Waals surface area contributed by atoms with E-state index in [1.807, 2.05) is 0 Å². The first-order valence-electron chi connectivity index (χ1n) is 5.19. The maximum absolute atomic E-state index is 5.83. The molecule has 14 heavy (non-hydrogen) atoms.